The van der Waals surface area contributed by atoms with E-state index in [0.29, 0.717) is 21.2 Å². The van der Waals surface area contributed by atoms with Crippen LogP contribution in [0.4, 0.5) is 4.39 Å². The fourth-order valence-corrected chi connectivity index (χ4v) is 4.54. The lowest BCUT2D eigenvalue weighted by molar-refractivity contribution is -0.121. The summed E-state index contributed by atoms with van der Waals surface area (Å²) < 4.78 is 40.7. The summed E-state index contributed by atoms with van der Waals surface area (Å²) in [5, 5.41) is 4.57. The van der Waals surface area contributed by atoms with Crippen LogP contribution in [-0.2, 0) is 21.4 Å². The fourth-order valence-electron chi connectivity index (χ4n) is 2.85. The van der Waals surface area contributed by atoms with Gasteiger partial charge < -0.3 is 0 Å². The van der Waals surface area contributed by atoms with Gasteiger partial charge in [-0.05, 0) is 54.4 Å². The number of carbonyl (C=O) groups excluding carboxylic acids is 1. The number of hydrazone groups is 1. The normalized spacial score (nSPS) is 11.8. The molecule has 0 aliphatic rings. The van der Waals surface area contributed by atoms with Gasteiger partial charge in [-0.15, -0.1) is 0 Å². The molecule has 0 fully saturated rings. The summed E-state index contributed by atoms with van der Waals surface area (Å²) in [5.41, 5.74) is 4.33. The number of benzene rings is 3. The van der Waals surface area contributed by atoms with E-state index in [1.165, 1.54) is 42.6 Å². The van der Waals surface area contributed by atoms with Gasteiger partial charge in [-0.2, -0.15) is 9.41 Å². The molecule has 0 aliphatic carbocycles. The van der Waals surface area contributed by atoms with Crippen molar-refractivity contribution in [1.82, 2.24) is 9.73 Å². The highest BCUT2D eigenvalue weighted by molar-refractivity contribution is 7.89. The Labute approximate surface area is 201 Å². The van der Waals surface area contributed by atoms with E-state index in [1.54, 1.807) is 30.3 Å². The molecule has 0 unspecified atom stereocenters. The fraction of sp³-hybridized carbons (Fsp3) is 0.130. The highest BCUT2D eigenvalue weighted by Gasteiger charge is 2.27. The van der Waals surface area contributed by atoms with Crippen LogP contribution in [0.25, 0.3) is 0 Å². The first kappa shape index (κ1) is 24.9. The van der Waals surface area contributed by atoms with Crippen LogP contribution in [0, 0.1) is 12.7 Å². The first-order chi connectivity index (χ1) is 15.6. The van der Waals surface area contributed by atoms with Gasteiger partial charge in [0.25, 0.3) is 5.91 Å². The molecule has 0 atom stereocenters. The Morgan fingerprint density at radius 1 is 1.03 bits per heavy atom. The van der Waals surface area contributed by atoms with Gasteiger partial charge in [0, 0.05) is 6.54 Å². The molecule has 1 amide bonds. The molecule has 0 bridgehead atoms. The molecule has 33 heavy (non-hydrogen) atoms. The van der Waals surface area contributed by atoms with Crippen molar-refractivity contribution in [3.05, 3.63) is 99.3 Å². The summed E-state index contributed by atoms with van der Waals surface area (Å²) in [6.45, 7) is 1.22. The van der Waals surface area contributed by atoms with E-state index in [-0.39, 0.29) is 11.4 Å². The second-order valence-electron chi connectivity index (χ2n) is 7.18. The maximum Gasteiger partial charge on any atom is 0.255 e. The summed E-state index contributed by atoms with van der Waals surface area (Å²) in [4.78, 5) is 12.5. The minimum absolute atomic E-state index is 0.0438. The summed E-state index contributed by atoms with van der Waals surface area (Å²) >= 11 is 11.8. The summed E-state index contributed by atoms with van der Waals surface area (Å²) in [6, 6.07) is 16.5. The topological polar surface area (TPSA) is 78.8 Å². The van der Waals surface area contributed by atoms with Gasteiger partial charge in [-0.1, -0.05) is 59.1 Å². The van der Waals surface area contributed by atoms with Crippen molar-refractivity contribution >= 4 is 45.3 Å². The lowest BCUT2D eigenvalue weighted by atomic mass is 10.2. The molecular formula is C23H20Cl2FN3O3S. The van der Waals surface area contributed by atoms with E-state index in [9.17, 15) is 17.6 Å². The van der Waals surface area contributed by atoms with Gasteiger partial charge >= 0.3 is 0 Å². The molecular weight excluding hydrogens is 488 g/mol. The minimum Gasteiger partial charge on any atom is -0.272 e. The van der Waals surface area contributed by atoms with Crippen molar-refractivity contribution in [1.29, 1.82) is 0 Å². The number of nitrogens with one attached hydrogen (secondary N) is 1. The molecule has 0 spiro atoms. The summed E-state index contributed by atoms with van der Waals surface area (Å²) in [5.74, 6) is -1.09. The van der Waals surface area contributed by atoms with E-state index in [0.717, 1.165) is 9.87 Å². The number of hydrogen-bond donors (Lipinski definition) is 1. The van der Waals surface area contributed by atoms with Crippen LogP contribution in [0.2, 0.25) is 10.0 Å². The molecule has 0 heterocycles. The molecule has 6 nitrogen and oxygen atoms in total. The zero-order chi connectivity index (χ0) is 24.0. The molecule has 172 valence electrons. The average Bonchev–Trinajstić information content (AvgIpc) is 2.77. The van der Waals surface area contributed by atoms with Gasteiger partial charge in [-0.3, -0.25) is 4.79 Å². The molecule has 10 heteroatoms. The number of amides is 1. The molecule has 0 aliphatic heterocycles. The van der Waals surface area contributed by atoms with Crippen LogP contribution in [0.1, 0.15) is 16.7 Å². The number of sulfonamides is 1. The van der Waals surface area contributed by atoms with Crippen LogP contribution >= 0.6 is 23.2 Å². The quantitative estimate of drug-likeness (QED) is 0.351. The Bertz CT molecular complexity index is 1270. The van der Waals surface area contributed by atoms with Crippen LogP contribution in [0.3, 0.4) is 0 Å². The smallest absolute Gasteiger partial charge is 0.255 e. The third-order valence-corrected chi connectivity index (χ3v) is 7.14. The van der Waals surface area contributed by atoms with E-state index in [4.69, 9.17) is 23.2 Å². The minimum atomic E-state index is -4.01. The Kier molecular flexibility index (Phi) is 8.20. The summed E-state index contributed by atoms with van der Waals surface area (Å²) in [7, 11) is -4.01. The number of aryl methyl sites for hydroxylation is 1. The third kappa shape index (κ3) is 6.85. The molecule has 3 aromatic rings. The maximum atomic E-state index is 13.3. The number of carbonyl (C=O) groups is 1. The average molecular weight is 508 g/mol. The van der Waals surface area contributed by atoms with Gasteiger partial charge in [0.2, 0.25) is 10.0 Å². The van der Waals surface area contributed by atoms with E-state index in [1.807, 2.05) is 6.92 Å². The third-order valence-electron chi connectivity index (χ3n) is 4.60. The standard InChI is InChI=1S/C23H20Cl2FN3O3S/c1-16-2-9-20(10-3-16)33(31,32)29(14-17-4-7-19(26)8-5-17)15-23(30)28-27-13-18-6-11-21(24)22(25)12-18/h2-13H,14-15H2,1H3,(H,28,30)/b27-13-. The van der Waals surface area contributed by atoms with Crippen LogP contribution in [-0.4, -0.2) is 31.4 Å². The predicted molar refractivity (Wildman–Crippen MR) is 127 cm³/mol. The van der Waals surface area contributed by atoms with Gasteiger partial charge in [-0.25, -0.2) is 18.2 Å². The first-order valence-corrected chi connectivity index (χ1v) is 11.9. The Morgan fingerprint density at radius 2 is 1.70 bits per heavy atom. The lowest BCUT2D eigenvalue weighted by Gasteiger charge is -2.21. The van der Waals surface area contributed by atoms with Crippen molar-refractivity contribution in [3.8, 4) is 0 Å². The molecule has 0 saturated heterocycles. The Balaban J connectivity index is 1.78. The van der Waals surface area contributed by atoms with Gasteiger partial charge in [0.1, 0.15) is 5.82 Å². The van der Waals surface area contributed by atoms with Crippen LogP contribution in [0.15, 0.2) is 76.7 Å². The number of nitrogens with zero attached hydrogens (tertiary/aromatic N) is 2. The number of hydrogen-bond acceptors (Lipinski definition) is 4. The molecule has 1 N–H and O–H groups in total. The molecule has 0 radical (unpaired) electrons. The second-order valence-corrected chi connectivity index (χ2v) is 9.93. The predicted octanol–water partition coefficient (Wildman–Crippen LogP) is 4.78. The van der Waals surface area contributed by atoms with E-state index in [2.05, 4.69) is 10.5 Å². The SMILES string of the molecule is Cc1ccc(S(=O)(=O)N(CC(=O)N/N=C\c2ccc(Cl)c(Cl)c2)Cc2ccc(F)cc2)cc1. The second kappa shape index (κ2) is 10.9. The maximum absolute atomic E-state index is 13.3. The van der Waals surface area contributed by atoms with E-state index >= 15 is 0 Å². The van der Waals surface area contributed by atoms with Crippen molar-refractivity contribution in [2.75, 3.05) is 6.54 Å². The molecule has 0 saturated carbocycles. The van der Waals surface area contributed by atoms with Crippen molar-refractivity contribution in [2.24, 2.45) is 5.10 Å². The van der Waals surface area contributed by atoms with Crippen molar-refractivity contribution in [2.45, 2.75) is 18.4 Å². The van der Waals surface area contributed by atoms with Crippen molar-refractivity contribution < 1.29 is 17.6 Å². The highest BCUT2D eigenvalue weighted by atomic mass is 35.5. The molecule has 3 rings (SSSR count). The zero-order valence-corrected chi connectivity index (χ0v) is 19.8. The highest BCUT2D eigenvalue weighted by Crippen LogP contribution is 2.22. The lowest BCUT2D eigenvalue weighted by Crippen LogP contribution is -2.39. The van der Waals surface area contributed by atoms with E-state index < -0.39 is 28.3 Å². The van der Waals surface area contributed by atoms with Crippen molar-refractivity contribution in [3.63, 3.8) is 0 Å². The van der Waals surface area contributed by atoms with Crippen LogP contribution in [0.5, 0.6) is 0 Å². The molecule has 3 aromatic carbocycles. The first-order valence-electron chi connectivity index (χ1n) is 9.73. The van der Waals surface area contributed by atoms with Crippen LogP contribution < -0.4 is 5.43 Å². The number of rotatable bonds is 8. The zero-order valence-electron chi connectivity index (χ0n) is 17.5. The largest absolute Gasteiger partial charge is 0.272 e. The van der Waals surface area contributed by atoms with Gasteiger partial charge in [0.05, 0.1) is 27.7 Å². The summed E-state index contributed by atoms with van der Waals surface area (Å²) in [6.07, 6.45) is 1.36. The monoisotopic (exact) mass is 507 g/mol. The van der Waals surface area contributed by atoms with Gasteiger partial charge in [0.15, 0.2) is 0 Å². The number of halogens is 3. The Hall–Kier alpha value is -2.78. The Morgan fingerprint density at radius 3 is 2.33 bits per heavy atom. The molecule has 0 aromatic heterocycles.